The van der Waals surface area contributed by atoms with Gasteiger partial charge in [-0.05, 0) is 18.7 Å². The van der Waals surface area contributed by atoms with E-state index < -0.39 is 11.1 Å². The number of pyridine rings is 1. The molecule has 3 rings (SSSR count). The van der Waals surface area contributed by atoms with E-state index in [9.17, 15) is 13.2 Å². The van der Waals surface area contributed by atoms with Gasteiger partial charge in [0.25, 0.3) is 0 Å². The number of aromatic nitrogens is 2. The number of halogens is 3. The zero-order chi connectivity index (χ0) is 17.2. The Labute approximate surface area is 142 Å². The van der Waals surface area contributed by atoms with E-state index in [4.69, 9.17) is 0 Å². The Balaban J connectivity index is 1.55. The maximum absolute atomic E-state index is 12.5. The molecule has 0 aromatic carbocycles. The Morgan fingerprint density at radius 3 is 2.46 bits per heavy atom. The van der Waals surface area contributed by atoms with Gasteiger partial charge in [0.05, 0.1) is 6.20 Å². The normalized spacial score (nSPS) is 16.4. The zero-order valence-electron chi connectivity index (χ0n) is 13.2. The molecule has 0 atom stereocenters. The van der Waals surface area contributed by atoms with Gasteiger partial charge in [-0.25, -0.2) is 9.97 Å². The van der Waals surface area contributed by atoms with E-state index in [0.717, 1.165) is 43.8 Å². The average molecular weight is 357 g/mol. The first kappa shape index (κ1) is 17.0. The second-order valence-electron chi connectivity index (χ2n) is 5.70. The molecule has 0 unspecified atom stereocenters. The van der Waals surface area contributed by atoms with Crippen LogP contribution in [0.5, 0.6) is 0 Å². The summed E-state index contributed by atoms with van der Waals surface area (Å²) >= 11 is 0.605. The molecule has 24 heavy (non-hydrogen) atoms. The van der Waals surface area contributed by atoms with Crippen molar-refractivity contribution in [3.05, 3.63) is 35.0 Å². The Morgan fingerprint density at radius 1 is 1.12 bits per heavy atom. The van der Waals surface area contributed by atoms with Gasteiger partial charge in [-0.15, -0.1) is 0 Å². The third-order valence-corrected chi connectivity index (χ3v) is 4.87. The molecule has 0 amide bonds. The summed E-state index contributed by atoms with van der Waals surface area (Å²) in [6, 6.07) is 3.89. The van der Waals surface area contributed by atoms with Crippen molar-refractivity contribution in [2.45, 2.75) is 12.7 Å². The average Bonchev–Trinajstić information content (AvgIpc) is 3.04. The molecular weight excluding hydrogens is 339 g/mol. The standard InChI is InChI=1S/C15H18F3N5S/c1-22-4-6-23(7-5-22)13-3-2-11(8-19-13)9-20-14-21-10-12(24-14)15(16,17)18/h2-3,8,10H,4-7,9H2,1H3,(H,20,21). The van der Waals surface area contributed by atoms with Crippen LogP contribution < -0.4 is 10.2 Å². The van der Waals surface area contributed by atoms with E-state index >= 15 is 0 Å². The van der Waals surface area contributed by atoms with Crippen molar-refractivity contribution in [3.8, 4) is 0 Å². The van der Waals surface area contributed by atoms with E-state index in [1.54, 1.807) is 6.20 Å². The second-order valence-corrected chi connectivity index (χ2v) is 6.73. The predicted octanol–water partition coefficient (Wildman–Crippen LogP) is 2.92. The lowest BCUT2D eigenvalue weighted by atomic mass is 10.2. The van der Waals surface area contributed by atoms with Crippen LogP contribution in [0, 0.1) is 0 Å². The summed E-state index contributed by atoms with van der Waals surface area (Å²) in [6.45, 7) is 4.30. The highest BCUT2D eigenvalue weighted by atomic mass is 32.1. The molecule has 0 spiro atoms. The van der Waals surface area contributed by atoms with Gasteiger partial charge in [0.15, 0.2) is 5.13 Å². The number of alkyl halides is 3. The van der Waals surface area contributed by atoms with Crippen LogP contribution in [0.4, 0.5) is 24.1 Å². The van der Waals surface area contributed by atoms with E-state index in [-0.39, 0.29) is 5.13 Å². The fourth-order valence-corrected chi connectivity index (χ4v) is 3.09. The van der Waals surface area contributed by atoms with Crippen molar-refractivity contribution in [1.29, 1.82) is 0 Å². The SMILES string of the molecule is CN1CCN(c2ccc(CNc3ncc(C(F)(F)F)s3)cn2)CC1. The third-order valence-electron chi connectivity index (χ3n) is 3.87. The first-order valence-electron chi connectivity index (χ1n) is 7.57. The number of thiazole rings is 1. The summed E-state index contributed by atoms with van der Waals surface area (Å²) in [5, 5.41) is 3.16. The van der Waals surface area contributed by atoms with E-state index in [1.807, 2.05) is 12.1 Å². The summed E-state index contributed by atoms with van der Waals surface area (Å²) < 4.78 is 37.6. The van der Waals surface area contributed by atoms with Crippen LogP contribution in [0.1, 0.15) is 10.4 Å². The molecule has 2 aromatic heterocycles. The highest BCUT2D eigenvalue weighted by Crippen LogP contribution is 2.35. The highest BCUT2D eigenvalue weighted by Gasteiger charge is 2.33. The van der Waals surface area contributed by atoms with Crippen LogP contribution >= 0.6 is 11.3 Å². The van der Waals surface area contributed by atoms with Crippen LogP contribution in [0.3, 0.4) is 0 Å². The molecule has 1 N–H and O–H groups in total. The molecule has 1 saturated heterocycles. The molecule has 3 heterocycles. The summed E-state index contributed by atoms with van der Waals surface area (Å²) in [7, 11) is 2.10. The summed E-state index contributed by atoms with van der Waals surface area (Å²) in [5.74, 6) is 0.931. The quantitative estimate of drug-likeness (QED) is 0.912. The van der Waals surface area contributed by atoms with Crippen molar-refractivity contribution in [2.24, 2.45) is 0 Å². The van der Waals surface area contributed by atoms with Crippen molar-refractivity contribution >= 4 is 22.3 Å². The number of hydrogen-bond acceptors (Lipinski definition) is 6. The molecule has 1 fully saturated rings. The first-order valence-corrected chi connectivity index (χ1v) is 8.39. The lowest BCUT2D eigenvalue weighted by Gasteiger charge is -2.33. The minimum Gasteiger partial charge on any atom is -0.357 e. The number of nitrogens with zero attached hydrogens (tertiary/aromatic N) is 4. The Hall–Kier alpha value is -1.87. The zero-order valence-corrected chi connectivity index (χ0v) is 14.0. The topological polar surface area (TPSA) is 44.3 Å². The molecule has 2 aromatic rings. The molecule has 0 saturated carbocycles. The van der Waals surface area contributed by atoms with Crippen molar-refractivity contribution in [3.63, 3.8) is 0 Å². The summed E-state index contributed by atoms with van der Waals surface area (Å²) in [6.07, 6.45) is -1.75. The van der Waals surface area contributed by atoms with Crippen molar-refractivity contribution in [2.75, 3.05) is 43.4 Å². The van der Waals surface area contributed by atoms with Gasteiger partial charge in [-0.3, -0.25) is 0 Å². The van der Waals surface area contributed by atoms with Gasteiger partial charge in [0, 0.05) is 38.9 Å². The molecule has 1 aliphatic rings. The molecule has 0 aliphatic carbocycles. The van der Waals surface area contributed by atoms with Crippen LogP contribution in [0.2, 0.25) is 0 Å². The number of hydrogen-bond donors (Lipinski definition) is 1. The van der Waals surface area contributed by atoms with Gasteiger partial charge in [0.2, 0.25) is 0 Å². The summed E-state index contributed by atoms with van der Waals surface area (Å²) in [4.78, 5) is 12.0. The van der Waals surface area contributed by atoms with Crippen LogP contribution in [-0.4, -0.2) is 48.1 Å². The van der Waals surface area contributed by atoms with E-state index in [1.165, 1.54) is 0 Å². The summed E-state index contributed by atoms with van der Waals surface area (Å²) in [5.41, 5.74) is 0.900. The van der Waals surface area contributed by atoms with Crippen LogP contribution in [-0.2, 0) is 12.7 Å². The largest absolute Gasteiger partial charge is 0.427 e. The monoisotopic (exact) mass is 357 g/mol. The number of piperazine rings is 1. The Bertz CT molecular complexity index is 662. The van der Waals surface area contributed by atoms with Crippen molar-refractivity contribution < 1.29 is 13.2 Å². The molecular formula is C15H18F3N5S. The number of anilines is 2. The fraction of sp³-hybridized carbons (Fsp3) is 0.467. The van der Waals surface area contributed by atoms with Gasteiger partial charge in [0.1, 0.15) is 10.7 Å². The van der Waals surface area contributed by atoms with Gasteiger partial charge < -0.3 is 15.1 Å². The minimum absolute atomic E-state index is 0.255. The Morgan fingerprint density at radius 2 is 1.88 bits per heavy atom. The van der Waals surface area contributed by atoms with Crippen molar-refractivity contribution in [1.82, 2.24) is 14.9 Å². The highest BCUT2D eigenvalue weighted by molar-refractivity contribution is 7.15. The fourth-order valence-electron chi connectivity index (χ4n) is 2.41. The second kappa shape index (κ2) is 6.94. The lowest BCUT2D eigenvalue weighted by molar-refractivity contribution is -0.134. The van der Waals surface area contributed by atoms with Crippen LogP contribution in [0.15, 0.2) is 24.5 Å². The number of rotatable bonds is 4. The number of nitrogens with one attached hydrogen (secondary N) is 1. The molecule has 0 bridgehead atoms. The molecule has 9 heteroatoms. The lowest BCUT2D eigenvalue weighted by Crippen LogP contribution is -2.44. The Kier molecular flexibility index (Phi) is 4.91. The maximum atomic E-state index is 12.5. The minimum atomic E-state index is -4.34. The molecule has 1 aliphatic heterocycles. The maximum Gasteiger partial charge on any atom is 0.427 e. The smallest absolute Gasteiger partial charge is 0.357 e. The third kappa shape index (κ3) is 4.15. The molecule has 0 radical (unpaired) electrons. The van der Waals surface area contributed by atoms with Gasteiger partial charge in [-0.1, -0.05) is 17.4 Å². The van der Waals surface area contributed by atoms with Gasteiger partial charge >= 0.3 is 6.18 Å². The first-order chi connectivity index (χ1) is 11.4. The van der Waals surface area contributed by atoms with E-state index in [2.05, 4.69) is 32.1 Å². The number of likely N-dealkylation sites (N-methyl/N-ethyl adjacent to an activating group) is 1. The molecule has 130 valence electrons. The molecule has 5 nitrogen and oxygen atoms in total. The predicted molar refractivity (Wildman–Crippen MR) is 88.4 cm³/mol. The van der Waals surface area contributed by atoms with Crippen LogP contribution in [0.25, 0.3) is 0 Å². The van der Waals surface area contributed by atoms with E-state index in [0.29, 0.717) is 17.9 Å². The van der Waals surface area contributed by atoms with Gasteiger partial charge in [-0.2, -0.15) is 13.2 Å².